The van der Waals surface area contributed by atoms with Crippen molar-refractivity contribution in [3.8, 4) is 0 Å². The van der Waals surface area contributed by atoms with Gasteiger partial charge < -0.3 is 0 Å². The van der Waals surface area contributed by atoms with Gasteiger partial charge in [-0.1, -0.05) is 13.2 Å². The van der Waals surface area contributed by atoms with Crippen molar-refractivity contribution in [2.75, 3.05) is 0 Å². The van der Waals surface area contributed by atoms with E-state index in [4.69, 9.17) is 0 Å². The van der Waals surface area contributed by atoms with Crippen LogP contribution in [0.2, 0.25) is 0 Å². The molecule has 0 N–H and O–H groups in total. The normalized spacial score (nSPS) is 11.0. The number of hydrogen-bond donors (Lipinski definition) is 0. The van der Waals surface area contributed by atoms with E-state index >= 15 is 0 Å². The van der Waals surface area contributed by atoms with Gasteiger partial charge in [0.25, 0.3) is 0 Å². The molecular weight excluding hydrogens is 530 g/mol. The van der Waals surface area contributed by atoms with E-state index < -0.39 is 0 Å². The van der Waals surface area contributed by atoms with Crippen molar-refractivity contribution in [1.29, 1.82) is 0 Å². The first-order valence-corrected chi connectivity index (χ1v) is 13.4. The molecule has 0 saturated carbocycles. The van der Waals surface area contributed by atoms with Crippen LogP contribution in [0.1, 0.15) is 66.5 Å². The third-order valence-corrected chi connectivity index (χ3v) is 12.2. The molecule has 0 atom stereocenters. The van der Waals surface area contributed by atoms with Crippen molar-refractivity contribution in [2.24, 2.45) is 0 Å². The molecule has 3 heteroatoms. The fourth-order valence-electron chi connectivity index (χ4n) is 3.37. The minimum atomic E-state index is -0.331. The van der Waals surface area contributed by atoms with Gasteiger partial charge in [0.05, 0.1) is 35.0 Å². The first-order chi connectivity index (χ1) is 11.6. The quantitative estimate of drug-likeness (QED) is 0.172. The van der Waals surface area contributed by atoms with E-state index in [9.17, 15) is 0 Å². The van der Waals surface area contributed by atoms with E-state index in [1.54, 1.807) is 0 Å². The molecule has 0 aliphatic carbocycles. The first-order valence-electron chi connectivity index (χ1n) is 9.64. The van der Waals surface area contributed by atoms with Gasteiger partial charge >= 0.3 is 0 Å². The molecule has 0 aliphatic heterocycles. The molecule has 1 radical (unpaired) electrons. The van der Waals surface area contributed by atoms with Crippen LogP contribution in [0.15, 0.2) is 37.1 Å². The van der Waals surface area contributed by atoms with Gasteiger partial charge in [-0.2, -0.15) is 24.3 Å². The predicted octanol–water partition coefficient (Wildman–Crippen LogP) is 7.50. The Morgan fingerprint density at radius 2 is 1.04 bits per heavy atom. The number of benzene rings is 1. The summed E-state index contributed by atoms with van der Waals surface area (Å²) in [7, 11) is -0.661. The van der Waals surface area contributed by atoms with E-state index in [-0.39, 0.29) is 35.9 Å². The summed E-state index contributed by atoms with van der Waals surface area (Å²) >= 11 is 0. The van der Waals surface area contributed by atoms with Gasteiger partial charge in [-0.25, -0.2) is 0 Å². The Morgan fingerprint density at radius 3 is 1.27 bits per heavy atom. The van der Waals surface area contributed by atoms with E-state index in [1.807, 2.05) is 0 Å². The summed E-state index contributed by atoms with van der Waals surface area (Å²) < 4.78 is 0. The Bertz CT molecular complexity index is 461. The van der Waals surface area contributed by atoms with Crippen LogP contribution in [0, 0.1) is 6.07 Å². The molecule has 0 aromatic heterocycles. The zero-order chi connectivity index (χ0) is 19.6. The minimum Gasteiger partial charge on any atom is -0.172 e. The molecule has 0 amide bonds. The van der Waals surface area contributed by atoms with Crippen molar-refractivity contribution < 1.29 is 20.1 Å². The molecular formula is C23H41IrP2+. The number of rotatable bonds is 8. The smallest absolute Gasteiger partial charge is 0.0624 e. The van der Waals surface area contributed by atoms with Crippen molar-refractivity contribution in [2.45, 2.75) is 90.3 Å². The van der Waals surface area contributed by atoms with Gasteiger partial charge in [0.1, 0.15) is 0 Å². The molecule has 0 fully saturated rings. The summed E-state index contributed by atoms with van der Waals surface area (Å²) in [6, 6.07) is 10.6. The van der Waals surface area contributed by atoms with E-state index in [1.165, 1.54) is 23.5 Å². The Hall–Kier alpha value is 0.249. The maximum atomic E-state index is 3.78. The molecule has 0 spiro atoms. The molecule has 0 aliphatic rings. The van der Waals surface area contributed by atoms with Gasteiger partial charge in [0.15, 0.2) is 0 Å². The summed E-state index contributed by atoms with van der Waals surface area (Å²) in [6.07, 6.45) is 2.55. The molecule has 151 valence electrons. The summed E-state index contributed by atoms with van der Waals surface area (Å²) in [5.74, 6) is 0. The Kier molecular flexibility index (Phi) is 16.6. The van der Waals surface area contributed by atoms with Crippen LogP contribution in [-0.2, 0) is 32.4 Å². The second-order valence-electron chi connectivity index (χ2n) is 8.07. The zero-order valence-electron chi connectivity index (χ0n) is 18.2. The average Bonchev–Trinajstić information content (AvgIpc) is 2.50. The zero-order valence-corrected chi connectivity index (χ0v) is 22.6. The maximum absolute atomic E-state index is 3.78. The van der Waals surface area contributed by atoms with E-state index in [0.717, 1.165) is 22.6 Å². The van der Waals surface area contributed by atoms with Crippen molar-refractivity contribution in [3.05, 3.63) is 54.3 Å². The molecule has 1 rings (SSSR count). The second kappa shape index (κ2) is 15.2. The molecule has 0 bridgehead atoms. The maximum Gasteiger partial charge on any atom is 0.0624 e. The molecule has 0 unspecified atom stereocenters. The van der Waals surface area contributed by atoms with E-state index in [2.05, 4.69) is 98.5 Å². The van der Waals surface area contributed by atoms with Crippen molar-refractivity contribution in [1.82, 2.24) is 0 Å². The standard InChI is InChI=1S/C20H35P2.C3H4.Ir/c1-15(2)21(16(3)4)13-19-10-9-11-20(12-19)14-22(17(5)6)18(7)8;1-3-2;/h9-11,15-18H,13-14H2,1-8H3;1-2H2;/q-1;;/p+2. The van der Waals surface area contributed by atoms with Crippen LogP contribution >= 0.6 is 15.8 Å². The molecule has 1 aromatic carbocycles. The SMILES string of the molecule is C=C=C.CC(C)[PH+](Cc1[c-]c(C[PH+](C(C)C)C(C)C)ccc1)C(C)C.[Ir]. The minimum absolute atomic E-state index is 0. The van der Waals surface area contributed by atoms with Crippen LogP contribution < -0.4 is 0 Å². The number of hydrogen-bond acceptors (Lipinski definition) is 0. The van der Waals surface area contributed by atoms with Gasteiger partial charge in [0.2, 0.25) is 0 Å². The van der Waals surface area contributed by atoms with Gasteiger partial charge in [-0.3, -0.25) is 0 Å². The Labute approximate surface area is 180 Å². The molecule has 0 saturated heterocycles. The van der Waals surface area contributed by atoms with Crippen LogP contribution in [0.5, 0.6) is 0 Å². The van der Waals surface area contributed by atoms with Gasteiger partial charge in [-0.15, -0.1) is 16.9 Å². The first kappa shape index (κ1) is 28.5. The third kappa shape index (κ3) is 11.2. The summed E-state index contributed by atoms with van der Waals surface area (Å²) in [5, 5.41) is 0. The summed E-state index contributed by atoms with van der Waals surface area (Å²) in [4.78, 5) is 0. The third-order valence-electron chi connectivity index (χ3n) is 4.67. The fourth-order valence-corrected chi connectivity index (χ4v) is 8.96. The topological polar surface area (TPSA) is 0 Å². The monoisotopic (exact) mass is 572 g/mol. The van der Waals surface area contributed by atoms with Crippen molar-refractivity contribution >= 4 is 15.8 Å². The average molecular weight is 572 g/mol. The molecule has 26 heavy (non-hydrogen) atoms. The van der Waals surface area contributed by atoms with Crippen LogP contribution in [0.3, 0.4) is 0 Å². The van der Waals surface area contributed by atoms with Crippen LogP contribution in [0.25, 0.3) is 0 Å². The Balaban J connectivity index is 0. The van der Waals surface area contributed by atoms with Gasteiger partial charge in [0, 0.05) is 35.9 Å². The predicted molar refractivity (Wildman–Crippen MR) is 125 cm³/mol. The van der Waals surface area contributed by atoms with Crippen LogP contribution in [0.4, 0.5) is 0 Å². The fraction of sp³-hybridized carbons (Fsp3) is 0.609. The van der Waals surface area contributed by atoms with Crippen molar-refractivity contribution in [3.63, 3.8) is 0 Å². The van der Waals surface area contributed by atoms with E-state index in [0.29, 0.717) is 0 Å². The molecule has 0 nitrogen and oxygen atoms in total. The summed E-state index contributed by atoms with van der Waals surface area (Å²) in [5.41, 5.74) is 8.53. The second-order valence-corrected chi connectivity index (χ2v) is 15.7. The van der Waals surface area contributed by atoms with Gasteiger partial charge in [-0.05, 0) is 55.4 Å². The summed E-state index contributed by atoms with van der Waals surface area (Å²) in [6.45, 7) is 25.4. The molecule has 1 aromatic rings. The largest absolute Gasteiger partial charge is 0.172 e. The Morgan fingerprint density at radius 1 is 0.769 bits per heavy atom. The van der Waals surface area contributed by atoms with Crippen LogP contribution in [-0.4, -0.2) is 22.6 Å². The molecule has 0 heterocycles.